The Hall–Kier alpha value is -1.10. The number of aromatic carboxylic acids is 1. The lowest BCUT2D eigenvalue weighted by atomic mass is 10.0. The molecule has 2 unspecified atom stereocenters. The van der Waals surface area contributed by atoms with Gasteiger partial charge in [0.15, 0.2) is 10.8 Å². The van der Waals surface area contributed by atoms with E-state index in [-0.39, 0.29) is 5.69 Å². The van der Waals surface area contributed by atoms with E-state index in [1.807, 2.05) is 0 Å². The van der Waals surface area contributed by atoms with E-state index < -0.39 is 5.97 Å². The van der Waals surface area contributed by atoms with Gasteiger partial charge in [-0.05, 0) is 11.8 Å². The maximum Gasteiger partial charge on any atom is 0.355 e. The van der Waals surface area contributed by atoms with Gasteiger partial charge in [0.2, 0.25) is 0 Å². The number of anilines is 1. The molecule has 1 N–H and O–H groups in total. The lowest BCUT2D eigenvalue weighted by Crippen LogP contribution is -2.19. The molecule has 2 rings (SSSR count). The summed E-state index contributed by atoms with van der Waals surface area (Å²) in [7, 11) is 0. The first-order valence-electron chi connectivity index (χ1n) is 5.01. The van der Waals surface area contributed by atoms with Gasteiger partial charge in [0.05, 0.1) is 0 Å². The zero-order valence-corrected chi connectivity index (χ0v) is 9.62. The van der Waals surface area contributed by atoms with Crippen LogP contribution < -0.4 is 4.90 Å². The third kappa shape index (κ3) is 1.97. The van der Waals surface area contributed by atoms with Crippen LogP contribution in [-0.2, 0) is 0 Å². The van der Waals surface area contributed by atoms with E-state index in [4.69, 9.17) is 5.11 Å². The fourth-order valence-electron chi connectivity index (χ4n) is 1.79. The van der Waals surface area contributed by atoms with E-state index in [2.05, 4.69) is 23.7 Å². The van der Waals surface area contributed by atoms with Crippen LogP contribution in [0.15, 0.2) is 5.38 Å². The molecule has 0 amide bonds. The Morgan fingerprint density at radius 2 is 2.13 bits per heavy atom. The summed E-state index contributed by atoms with van der Waals surface area (Å²) in [5.41, 5.74) is 0.155. The van der Waals surface area contributed by atoms with Crippen LogP contribution in [0.2, 0.25) is 0 Å². The smallest absolute Gasteiger partial charge is 0.355 e. The largest absolute Gasteiger partial charge is 0.476 e. The zero-order valence-electron chi connectivity index (χ0n) is 8.80. The fraction of sp³-hybridized carbons (Fsp3) is 0.600. The highest BCUT2D eigenvalue weighted by molar-refractivity contribution is 7.13. The first-order valence-corrected chi connectivity index (χ1v) is 5.89. The van der Waals surface area contributed by atoms with Gasteiger partial charge in [0.1, 0.15) is 0 Å². The third-order valence-corrected chi connectivity index (χ3v) is 3.87. The second-order valence-electron chi connectivity index (χ2n) is 4.18. The minimum atomic E-state index is -0.946. The van der Waals surface area contributed by atoms with Crippen LogP contribution in [-0.4, -0.2) is 29.1 Å². The third-order valence-electron chi connectivity index (χ3n) is 2.97. The van der Waals surface area contributed by atoms with Gasteiger partial charge in [-0.1, -0.05) is 13.8 Å². The van der Waals surface area contributed by atoms with Crippen molar-refractivity contribution in [3.8, 4) is 0 Å². The maximum atomic E-state index is 10.7. The number of rotatable bonds is 2. The summed E-state index contributed by atoms with van der Waals surface area (Å²) in [6.07, 6.45) is 0. The van der Waals surface area contributed by atoms with Gasteiger partial charge < -0.3 is 10.0 Å². The minimum Gasteiger partial charge on any atom is -0.476 e. The van der Waals surface area contributed by atoms with Gasteiger partial charge in [-0.3, -0.25) is 0 Å². The van der Waals surface area contributed by atoms with Gasteiger partial charge in [0.25, 0.3) is 0 Å². The van der Waals surface area contributed by atoms with E-state index in [1.165, 1.54) is 11.3 Å². The molecule has 5 heteroatoms. The average molecular weight is 226 g/mol. The number of carboxylic acid groups (broad SMARTS) is 1. The highest BCUT2D eigenvalue weighted by Crippen LogP contribution is 2.29. The van der Waals surface area contributed by atoms with E-state index in [0.29, 0.717) is 11.8 Å². The van der Waals surface area contributed by atoms with Crippen molar-refractivity contribution in [1.29, 1.82) is 0 Å². The molecule has 1 aliphatic heterocycles. The van der Waals surface area contributed by atoms with Gasteiger partial charge in [-0.2, -0.15) is 0 Å². The summed E-state index contributed by atoms with van der Waals surface area (Å²) in [5, 5.41) is 11.2. The minimum absolute atomic E-state index is 0.155. The zero-order chi connectivity index (χ0) is 11.0. The summed E-state index contributed by atoms with van der Waals surface area (Å²) in [4.78, 5) is 17.0. The normalized spacial score (nSPS) is 25.9. The number of hydrogen-bond donors (Lipinski definition) is 1. The molecule has 0 radical (unpaired) electrons. The van der Waals surface area contributed by atoms with Crippen molar-refractivity contribution >= 4 is 22.4 Å². The molecule has 1 aliphatic rings. The first-order chi connectivity index (χ1) is 7.08. The van der Waals surface area contributed by atoms with Crippen molar-refractivity contribution in [2.75, 3.05) is 18.0 Å². The Morgan fingerprint density at radius 1 is 1.53 bits per heavy atom. The fourth-order valence-corrected chi connectivity index (χ4v) is 2.61. The summed E-state index contributed by atoms with van der Waals surface area (Å²) < 4.78 is 0. The molecule has 4 nitrogen and oxygen atoms in total. The average Bonchev–Trinajstić information content (AvgIpc) is 2.74. The molecule has 1 saturated heterocycles. The number of carboxylic acids is 1. The lowest BCUT2D eigenvalue weighted by molar-refractivity contribution is 0.0691. The molecule has 2 heterocycles. The van der Waals surface area contributed by atoms with Crippen molar-refractivity contribution < 1.29 is 9.90 Å². The molecular formula is C10H14N2O2S. The molecule has 0 aliphatic carbocycles. The van der Waals surface area contributed by atoms with Gasteiger partial charge in [-0.25, -0.2) is 9.78 Å². The molecule has 1 fully saturated rings. The Morgan fingerprint density at radius 3 is 2.60 bits per heavy atom. The Balaban J connectivity index is 2.14. The predicted octanol–water partition coefficient (Wildman–Crippen LogP) is 1.93. The van der Waals surface area contributed by atoms with Gasteiger partial charge in [0, 0.05) is 18.5 Å². The van der Waals surface area contributed by atoms with Crippen molar-refractivity contribution in [1.82, 2.24) is 4.98 Å². The quantitative estimate of drug-likeness (QED) is 0.837. The summed E-state index contributed by atoms with van der Waals surface area (Å²) in [5.74, 6) is 0.363. The summed E-state index contributed by atoms with van der Waals surface area (Å²) in [6.45, 7) is 6.40. The number of thiazole rings is 1. The maximum absolute atomic E-state index is 10.7. The summed E-state index contributed by atoms with van der Waals surface area (Å²) in [6, 6.07) is 0. The van der Waals surface area contributed by atoms with E-state index in [1.54, 1.807) is 5.38 Å². The molecule has 0 aromatic carbocycles. The number of carbonyl (C=O) groups is 1. The Labute approximate surface area is 92.6 Å². The van der Waals surface area contributed by atoms with Crippen molar-refractivity contribution in [2.24, 2.45) is 11.8 Å². The molecule has 2 atom stereocenters. The lowest BCUT2D eigenvalue weighted by Gasteiger charge is -2.13. The highest BCUT2D eigenvalue weighted by Gasteiger charge is 2.28. The standard InChI is InChI=1S/C10H14N2O2S/c1-6-3-12(4-7(6)2)10-11-8(5-15-10)9(13)14/h5-7H,3-4H2,1-2H3,(H,13,14). The van der Waals surface area contributed by atoms with Crippen LogP contribution in [0.5, 0.6) is 0 Å². The van der Waals surface area contributed by atoms with E-state index in [9.17, 15) is 4.79 Å². The van der Waals surface area contributed by atoms with Crippen LogP contribution in [0, 0.1) is 11.8 Å². The SMILES string of the molecule is CC1CN(c2nc(C(=O)O)cs2)CC1C. The van der Waals surface area contributed by atoms with Crippen molar-refractivity contribution in [2.45, 2.75) is 13.8 Å². The monoisotopic (exact) mass is 226 g/mol. The van der Waals surface area contributed by atoms with Crippen LogP contribution in [0.1, 0.15) is 24.3 Å². The van der Waals surface area contributed by atoms with E-state index in [0.717, 1.165) is 18.2 Å². The second-order valence-corrected chi connectivity index (χ2v) is 5.02. The number of nitrogens with zero attached hydrogens (tertiary/aromatic N) is 2. The Kier molecular flexibility index (Phi) is 2.65. The van der Waals surface area contributed by atoms with Gasteiger partial charge in [-0.15, -0.1) is 11.3 Å². The highest BCUT2D eigenvalue weighted by atomic mass is 32.1. The van der Waals surface area contributed by atoms with Crippen molar-refractivity contribution in [3.63, 3.8) is 0 Å². The number of hydrogen-bond acceptors (Lipinski definition) is 4. The molecular weight excluding hydrogens is 212 g/mol. The molecule has 0 spiro atoms. The topological polar surface area (TPSA) is 53.4 Å². The molecule has 1 aromatic rings. The van der Waals surface area contributed by atoms with Crippen LogP contribution in [0.25, 0.3) is 0 Å². The molecule has 15 heavy (non-hydrogen) atoms. The molecule has 82 valence electrons. The number of aromatic nitrogens is 1. The van der Waals surface area contributed by atoms with E-state index >= 15 is 0 Å². The predicted molar refractivity (Wildman–Crippen MR) is 59.6 cm³/mol. The molecule has 0 saturated carbocycles. The van der Waals surface area contributed by atoms with Crippen molar-refractivity contribution in [3.05, 3.63) is 11.1 Å². The van der Waals surface area contributed by atoms with Gasteiger partial charge >= 0.3 is 5.97 Å². The van der Waals surface area contributed by atoms with Crippen LogP contribution in [0.3, 0.4) is 0 Å². The first kappa shape index (κ1) is 10.4. The van der Waals surface area contributed by atoms with Crippen LogP contribution in [0.4, 0.5) is 5.13 Å². The molecule has 1 aromatic heterocycles. The molecule has 0 bridgehead atoms. The second kappa shape index (κ2) is 3.81. The Bertz CT molecular complexity index is 367. The summed E-state index contributed by atoms with van der Waals surface area (Å²) >= 11 is 1.41. The van der Waals surface area contributed by atoms with Crippen LogP contribution >= 0.6 is 11.3 Å².